The second-order valence-corrected chi connectivity index (χ2v) is 5.84. The van der Waals surface area contributed by atoms with Gasteiger partial charge in [0.05, 0.1) is 7.11 Å². The number of ether oxygens (including phenoxy) is 2. The third-order valence-corrected chi connectivity index (χ3v) is 4.10. The molecule has 0 radical (unpaired) electrons. The summed E-state index contributed by atoms with van der Waals surface area (Å²) in [5.74, 6) is 0.540. The smallest absolute Gasteiger partial charge is 0.342 e. The van der Waals surface area contributed by atoms with Crippen molar-refractivity contribution in [1.29, 1.82) is 0 Å². The number of esters is 1. The first kappa shape index (κ1) is 16.8. The topological polar surface area (TPSA) is 74.5 Å². The van der Waals surface area contributed by atoms with Crippen molar-refractivity contribution in [2.24, 2.45) is 0 Å². The van der Waals surface area contributed by atoms with Gasteiger partial charge in [0, 0.05) is 5.56 Å². The highest BCUT2D eigenvalue weighted by Gasteiger charge is 2.17. The van der Waals surface area contributed by atoms with Gasteiger partial charge in [-0.2, -0.15) is 0 Å². The minimum absolute atomic E-state index is 0.116. The Kier molecular flexibility index (Phi) is 4.53. The monoisotopic (exact) mass is 360 g/mol. The van der Waals surface area contributed by atoms with Crippen LogP contribution in [0, 0.1) is 0 Å². The van der Waals surface area contributed by atoms with Crippen molar-refractivity contribution in [2.45, 2.75) is 6.61 Å². The number of hydrogen-bond acceptors (Lipinski definition) is 6. The van der Waals surface area contributed by atoms with Gasteiger partial charge in [0.2, 0.25) is 5.89 Å². The first-order valence-electron chi connectivity index (χ1n) is 8.36. The molecule has 0 aliphatic carbocycles. The molecule has 0 N–H and O–H groups in total. The minimum Gasteiger partial charge on any atom is -0.496 e. The molecule has 0 unspecified atom stereocenters. The second-order valence-electron chi connectivity index (χ2n) is 5.84. The zero-order valence-corrected chi connectivity index (χ0v) is 14.6. The molecule has 0 aliphatic rings. The number of carbonyl (C=O) groups excluding carboxylic acids is 1. The molecule has 0 saturated carbocycles. The van der Waals surface area contributed by atoms with Crippen LogP contribution in [0.4, 0.5) is 0 Å². The summed E-state index contributed by atoms with van der Waals surface area (Å²) in [5, 5.41) is 9.81. The molecule has 4 aromatic rings. The third kappa shape index (κ3) is 3.50. The standard InChI is InChI=1S/C21H16N2O4/c1-25-18-12-16-10-6-5-9-15(16)11-17(18)21(24)26-13-19-22-23-20(27-19)14-7-3-2-4-8-14/h2-12H,13H2,1H3. The SMILES string of the molecule is COc1cc2ccccc2cc1C(=O)OCc1nnc(-c2ccccc2)o1. The van der Waals surface area contributed by atoms with Gasteiger partial charge in [0.25, 0.3) is 5.89 Å². The Morgan fingerprint density at radius 2 is 1.67 bits per heavy atom. The van der Waals surface area contributed by atoms with Gasteiger partial charge in [-0.1, -0.05) is 42.5 Å². The summed E-state index contributed by atoms with van der Waals surface area (Å²) < 4.78 is 16.2. The molecule has 4 rings (SSSR count). The summed E-state index contributed by atoms with van der Waals surface area (Å²) in [4.78, 5) is 12.5. The number of fused-ring (bicyclic) bond motifs is 1. The lowest BCUT2D eigenvalue weighted by atomic mass is 10.1. The highest BCUT2D eigenvalue weighted by atomic mass is 16.5. The van der Waals surface area contributed by atoms with Gasteiger partial charge in [-0.3, -0.25) is 0 Å². The Morgan fingerprint density at radius 1 is 0.963 bits per heavy atom. The summed E-state index contributed by atoms with van der Waals surface area (Å²) in [6.07, 6.45) is 0. The van der Waals surface area contributed by atoms with E-state index in [1.807, 2.05) is 60.7 Å². The molecule has 1 heterocycles. The Labute approximate surface area is 155 Å². The van der Waals surface area contributed by atoms with Crippen LogP contribution in [0.3, 0.4) is 0 Å². The maximum Gasteiger partial charge on any atom is 0.342 e. The minimum atomic E-state index is -0.517. The average molecular weight is 360 g/mol. The van der Waals surface area contributed by atoms with Crippen LogP contribution in [0.2, 0.25) is 0 Å². The fraction of sp³-hybridized carbons (Fsp3) is 0.0952. The van der Waals surface area contributed by atoms with Gasteiger partial charge in [-0.15, -0.1) is 10.2 Å². The summed E-state index contributed by atoms with van der Waals surface area (Å²) in [6.45, 7) is -0.116. The number of aromatic nitrogens is 2. The molecule has 0 saturated heterocycles. The zero-order chi connectivity index (χ0) is 18.6. The van der Waals surface area contributed by atoms with E-state index in [0.717, 1.165) is 16.3 Å². The molecule has 0 bridgehead atoms. The highest BCUT2D eigenvalue weighted by Crippen LogP contribution is 2.27. The molecule has 0 fully saturated rings. The normalized spacial score (nSPS) is 10.7. The number of methoxy groups -OCH3 is 1. The molecule has 134 valence electrons. The predicted octanol–water partition coefficient (Wildman–Crippen LogP) is 4.26. The molecule has 1 aromatic heterocycles. The van der Waals surface area contributed by atoms with E-state index in [0.29, 0.717) is 17.2 Å². The van der Waals surface area contributed by atoms with E-state index in [2.05, 4.69) is 10.2 Å². The van der Waals surface area contributed by atoms with E-state index >= 15 is 0 Å². The summed E-state index contributed by atoms with van der Waals surface area (Å²) in [6, 6.07) is 20.7. The van der Waals surface area contributed by atoms with E-state index in [1.165, 1.54) is 7.11 Å². The van der Waals surface area contributed by atoms with Crippen LogP contribution >= 0.6 is 0 Å². The third-order valence-electron chi connectivity index (χ3n) is 4.10. The molecule has 6 nitrogen and oxygen atoms in total. The highest BCUT2D eigenvalue weighted by molar-refractivity contribution is 5.98. The van der Waals surface area contributed by atoms with E-state index in [4.69, 9.17) is 13.9 Å². The molecule has 0 spiro atoms. The average Bonchev–Trinajstić information content (AvgIpc) is 3.20. The number of hydrogen-bond donors (Lipinski definition) is 0. The molecule has 27 heavy (non-hydrogen) atoms. The molecular formula is C21H16N2O4. The van der Waals surface area contributed by atoms with Crippen molar-refractivity contribution >= 4 is 16.7 Å². The van der Waals surface area contributed by atoms with Gasteiger partial charge < -0.3 is 13.9 Å². The van der Waals surface area contributed by atoms with Crippen LogP contribution in [-0.2, 0) is 11.3 Å². The number of rotatable bonds is 5. The van der Waals surface area contributed by atoms with Gasteiger partial charge in [0.1, 0.15) is 11.3 Å². The molecule has 0 atom stereocenters. The molecule has 0 amide bonds. The van der Waals surface area contributed by atoms with Crippen molar-refractivity contribution in [3.63, 3.8) is 0 Å². The van der Waals surface area contributed by atoms with Crippen LogP contribution in [0.25, 0.3) is 22.2 Å². The summed E-state index contributed by atoms with van der Waals surface area (Å²) in [5.41, 5.74) is 1.15. The Morgan fingerprint density at radius 3 is 2.41 bits per heavy atom. The number of carbonyl (C=O) groups is 1. The van der Waals surface area contributed by atoms with Gasteiger partial charge in [-0.25, -0.2) is 4.79 Å². The van der Waals surface area contributed by atoms with E-state index < -0.39 is 5.97 Å². The van der Waals surface area contributed by atoms with Crippen molar-refractivity contribution < 1.29 is 18.7 Å². The van der Waals surface area contributed by atoms with Crippen LogP contribution in [-0.4, -0.2) is 23.3 Å². The lowest BCUT2D eigenvalue weighted by Crippen LogP contribution is -2.07. The van der Waals surface area contributed by atoms with Crippen molar-refractivity contribution in [3.05, 3.63) is 78.2 Å². The predicted molar refractivity (Wildman–Crippen MR) is 99.4 cm³/mol. The van der Waals surface area contributed by atoms with Gasteiger partial charge >= 0.3 is 5.97 Å². The lowest BCUT2D eigenvalue weighted by Gasteiger charge is -2.09. The molecule has 3 aromatic carbocycles. The fourth-order valence-electron chi connectivity index (χ4n) is 2.76. The van der Waals surface area contributed by atoms with Crippen molar-refractivity contribution in [3.8, 4) is 17.2 Å². The van der Waals surface area contributed by atoms with Crippen LogP contribution in [0.1, 0.15) is 16.2 Å². The van der Waals surface area contributed by atoms with E-state index in [9.17, 15) is 4.79 Å². The molecule has 0 aliphatic heterocycles. The quantitative estimate of drug-likeness (QED) is 0.495. The Hall–Kier alpha value is -3.67. The largest absolute Gasteiger partial charge is 0.496 e. The summed E-state index contributed by atoms with van der Waals surface area (Å²) >= 11 is 0. The number of benzene rings is 3. The van der Waals surface area contributed by atoms with Crippen molar-refractivity contribution in [1.82, 2.24) is 10.2 Å². The maximum atomic E-state index is 12.5. The first-order chi connectivity index (χ1) is 13.2. The van der Waals surface area contributed by atoms with Crippen molar-refractivity contribution in [2.75, 3.05) is 7.11 Å². The van der Waals surface area contributed by atoms with Gasteiger partial charge in [-0.05, 0) is 35.0 Å². The first-order valence-corrected chi connectivity index (χ1v) is 8.36. The van der Waals surface area contributed by atoms with E-state index in [1.54, 1.807) is 6.07 Å². The summed E-state index contributed by atoms with van der Waals surface area (Å²) in [7, 11) is 1.52. The van der Waals surface area contributed by atoms with Crippen LogP contribution in [0.5, 0.6) is 5.75 Å². The molecule has 6 heteroatoms. The number of nitrogens with zero attached hydrogens (tertiary/aromatic N) is 2. The maximum absolute atomic E-state index is 12.5. The lowest BCUT2D eigenvalue weighted by molar-refractivity contribution is 0.0435. The fourth-order valence-corrected chi connectivity index (χ4v) is 2.76. The van der Waals surface area contributed by atoms with Gasteiger partial charge in [0.15, 0.2) is 6.61 Å². The zero-order valence-electron chi connectivity index (χ0n) is 14.6. The second kappa shape index (κ2) is 7.29. The Balaban J connectivity index is 1.51. The molecular weight excluding hydrogens is 344 g/mol. The van der Waals surface area contributed by atoms with Crippen LogP contribution in [0.15, 0.2) is 71.1 Å². The Bertz CT molecular complexity index is 1090. The van der Waals surface area contributed by atoms with Crippen LogP contribution < -0.4 is 4.74 Å². The van der Waals surface area contributed by atoms with E-state index in [-0.39, 0.29) is 12.5 Å².